The molecule has 80 valence electrons. The Kier molecular flexibility index (Phi) is 5.47. The average Bonchev–Trinajstić information content (AvgIpc) is 2.09. The quantitative estimate of drug-likeness (QED) is 0.399. The molecule has 0 bridgehead atoms. The van der Waals surface area contributed by atoms with E-state index in [1.807, 2.05) is 13.8 Å². The number of nitrogens with zero attached hydrogens (tertiary/aromatic N) is 2. The first-order valence-electron chi connectivity index (χ1n) is 5.00. The molecule has 0 aromatic rings. The molecule has 0 amide bonds. The minimum absolute atomic E-state index is 0.0731. The van der Waals surface area contributed by atoms with Gasteiger partial charge in [0.2, 0.25) is 0 Å². The van der Waals surface area contributed by atoms with E-state index in [4.69, 9.17) is 9.79 Å². The maximum absolute atomic E-state index is 8.77. The third kappa shape index (κ3) is 6.67. The van der Waals surface area contributed by atoms with Gasteiger partial charge in [-0.2, -0.15) is 5.26 Å². The first kappa shape index (κ1) is 13.2. The monoisotopic (exact) mass is 212 g/mol. The normalized spacial score (nSPS) is 14.7. The minimum atomic E-state index is -1.56. The predicted octanol–water partition coefficient (Wildman–Crippen LogP) is 3.15. The Morgan fingerprint density at radius 2 is 2.07 bits per heavy atom. The van der Waals surface area contributed by atoms with Gasteiger partial charge < -0.3 is 4.53 Å². The van der Waals surface area contributed by atoms with E-state index in [0.29, 0.717) is 0 Å². The summed E-state index contributed by atoms with van der Waals surface area (Å²) < 4.78 is 5.40. The van der Waals surface area contributed by atoms with Crippen molar-refractivity contribution < 1.29 is 4.53 Å². The first-order valence-corrected chi connectivity index (χ1v) is 8.41. The van der Waals surface area contributed by atoms with Crippen LogP contribution in [0.3, 0.4) is 0 Å². The van der Waals surface area contributed by atoms with Gasteiger partial charge in [-0.3, -0.25) is 0 Å². The lowest BCUT2D eigenvalue weighted by atomic mass is 10.0. The van der Waals surface area contributed by atoms with Gasteiger partial charge in [0.15, 0.2) is 0 Å². The van der Waals surface area contributed by atoms with Crippen molar-refractivity contribution in [2.24, 2.45) is 11.1 Å². The Hall–Kier alpha value is -0.823. The number of nitriles is 1. The van der Waals surface area contributed by atoms with E-state index < -0.39 is 8.32 Å². The van der Waals surface area contributed by atoms with Crippen LogP contribution in [0.25, 0.3) is 0 Å². The summed E-state index contributed by atoms with van der Waals surface area (Å²) in [6.07, 6.45) is 1.59. The molecule has 0 aliphatic carbocycles. The van der Waals surface area contributed by atoms with Gasteiger partial charge in [0.25, 0.3) is 8.32 Å². The van der Waals surface area contributed by atoms with Crippen LogP contribution < -0.4 is 0 Å². The number of oxime groups is 1. The Balaban J connectivity index is 4.08. The molecule has 1 atom stereocenters. The third-order valence-electron chi connectivity index (χ3n) is 1.69. The van der Waals surface area contributed by atoms with Gasteiger partial charge in [-0.05, 0) is 33.0 Å². The second kappa shape index (κ2) is 5.81. The van der Waals surface area contributed by atoms with Gasteiger partial charge in [0, 0.05) is 6.42 Å². The molecule has 0 rings (SSSR count). The highest BCUT2D eigenvalue weighted by Crippen LogP contribution is 2.09. The molecule has 0 aromatic carbocycles. The molecule has 4 heteroatoms. The zero-order valence-corrected chi connectivity index (χ0v) is 10.8. The molecule has 14 heavy (non-hydrogen) atoms. The summed E-state index contributed by atoms with van der Waals surface area (Å²) in [7, 11) is -1.56. The summed E-state index contributed by atoms with van der Waals surface area (Å²) in [5, 5.41) is 12.8. The third-order valence-corrected chi connectivity index (χ3v) is 2.33. The van der Waals surface area contributed by atoms with E-state index in [2.05, 4.69) is 30.9 Å². The molecular formula is C10H20N2OSi. The van der Waals surface area contributed by atoms with E-state index in [9.17, 15) is 0 Å². The Morgan fingerprint density at radius 1 is 1.50 bits per heavy atom. The van der Waals surface area contributed by atoms with Gasteiger partial charge in [-0.25, -0.2) is 0 Å². The van der Waals surface area contributed by atoms with Crippen LogP contribution in [0, 0.1) is 17.2 Å². The molecule has 0 radical (unpaired) electrons. The van der Waals surface area contributed by atoms with Gasteiger partial charge in [0.1, 0.15) is 0 Å². The van der Waals surface area contributed by atoms with E-state index in [-0.39, 0.29) is 5.92 Å². The van der Waals surface area contributed by atoms with Gasteiger partial charge in [-0.1, -0.05) is 6.92 Å². The lowest BCUT2D eigenvalue weighted by Crippen LogP contribution is -2.23. The van der Waals surface area contributed by atoms with E-state index in [0.717, 1.165) is 18.6 Å². The molecule has 0 N–H and O–H groups in total. The topological polar surface area (TPSA) is 45.4 Å². The fourth-order valence-electron chi connectivity index (χ4n) is 0.890. The van der Waals surface area contributed by atoms with E-state index >= 15 is 0 Å². The molecule has 0 aliphatic heterocycles. The molecule has 0 aromatic heterocycles. The second-order valence-corrected chi connectivity index (χ2v) is 8.88. The molecule has 1 unspecified atom stereocenters. The Bertz CT molecular complexity index is 237. The largest absolute Gasteiger partial charge is 0.456 e. The van der Waals surface area contributed by atoms with Crippen molar-refractivity contribution in [3.05, 3.63) is 0 Å². The summed E-state index contributed by atoms with van der Waals surface area (Å²) in [4.78, 5) is 0. The summed E-state index contributed by atoms with van der Waals surface area (Å²) in [5.74, 6) is 0.0731. The minimum Gasteiger partial charge on any atom is -0.456 e. The zero-order valence-electron chi connectivity index (χ0n) is 9.79. The molecule has 0 saturated heterocycles. The van der Waals surface area contributed by atoms with Crippen LogP contribution >= 0.6 is 0 Å². The molecule has 3 nitrogen and oxygen atoms in total. The van der Waals surface area contributed by atoms with Crippen LogP contribution in [0.5, 0.6) is 0 Å². The summed E-state index contributed by atoms with van der Waals surface area (Å²) in [6, 6.07) is 2.25. The van der Waals surface area contributed by atoms with Crippen LogP contribution in [0.2, 0.25) is 19.6 Å². The number of rotatable bonds is 5. The van der Waals surface area contributed by atoms with Crippen molar-refractivity contribution in [2.45, 2.75) is 46.3 Å². The second-order valence-electron chi connectivity index (χ2n) is 4.47. The predicted molar refractivity (Wildman–Crippen MR) is 61.6 cm³/mol. The van der Waals surface area contributed by atoms with E-state index in [1.54, 1.807) is 0 Å². The van der Waals surface area contributed by atoms with Crippen molar-refractivity contribution in [3.8, 4) is 6.07 Å². The molecule has 0 heterocycles. The highest BCUT2D eigenvalue weighted by molar-refractivity contribution is 6.69. The van der Waals surface area contributed by atoms with Crippen molar-refractivity contribution in [1.82, 2.24) is 0 Å². The van der Waals surface area contributed by atoms with Crippen molar-refractivity contribution in [3.63, 3.8) is 0 Å². The van der Waals surface area contributed by atoms with E-state index in [1.165, 1.54) is 0 Å². The maximum atomic E-state index is 8.77. The van der Waals surface area contributed by atoms with Crippen molar-refractivity contribution in [2.75, 3.05) is 0 Å². The van der Waals surface area contributed by atoms with Crippen LogP contribution in [-0.4, -0.2) is 14.0 Å². The van der Waals surface area contributed by atoms with Crippen molar-refractivity contribution >= 4 is 14.0 Å². The smallest absolute Gasteiger partial charge is 0.278 e. The Morgan fingerprint density at radius 3 is 2.43 bits per heavy atom. The number of hydrogen-bond donors (Lipinski definition) is 0. The first-order chi connectivity index (χ1) is 6.39. The fraction of sp³-hybridized carbons (Fsp3) is 0.800. The standard InChI is InChI=1S/C10H20N2OSi/c1-6-10(8-11)7-9(2)12-13-14(3,4)5/h10H,6-7H2,1-5H3/b12-9+. The average molecular weight is 212 g/mol. The number of hydrogen-bond acceptors (Lipinski definition) is 3. The van der Waals surface area contributed by atoms with Gasteiger partial charge in [0.05, 0.1) is 17.7 Å². The molecular weight excluding hydrogens is 192 g/mol. The van der Waals surface area contributed by atoms with Crippen LogP contribution in [0.4, 0.5) is 0 Å². The zero-order chi connectivity index (χ0) is 11.2. The fourth-order valence-corrected chi connectivity index (χ4v) is 1.32. The summed E-state index contributed by atoms with van der Waals surface area (Å²) in [5.41, 5.74) is 0.917. The summed E-state index contributed by atoms with van der Waals surface area (Å²) in [6.45, 7) is 10.2. The summed E-state index contributed by atoms with van der Waals surface area (Å²) >= 11 is 0. The van der Waals surface area contributed by atoms with Crippen LogP contribution in [0.15, 0.2) is 5.16 Å². The Labute approximate surface area is 87.9 Å². The van der Waals surface area contributed by atoms with Gasteiger partial charge >= 0.3 is 0 Å². The molecule has 0 fully saturated rings. The van der Waals surface area contributed by atoms with Crippen molar-refractivity contribution in [1.29, 1.82) is 5.26 Å². The van der Waals surface area contributed by atoms with Gasteiger partial charge in [-0.15, -0.1) is 5.16 Å². The molecule has 0 spiro atoms. The lowest BCUT2D eigenvalue weighted by Gasteiger charge is -2.14. The molecule has 0 aliphatic rings. The SMILES string of the molecule is CCC(C#N)C/C(C)=N/O[Si](C)(C)C. The highest BCUT2D eigenvalue weighted by Gasteiger charge is 2.16. The molecule has 0 saturated carbocycles. The highest BCUT2D eigenvalue weighted by atomic mass is 28.4. The van der Waals surface area contributed by atoms with Crippen LogP contribution in [-0.2, 0) is 4.53 Å². The maximum Gasteiger partial charge on any atom is 0.278 e. The lowest BCUT2D eigenvalue weighted by molar-refractivity contribution is 0.332. The van der Waals surface area contributed by atoms with Crippen LogP contribution in [0.1, 0.15) is 26.7 Å².